The van der Waals surface area contributed by atoms with Crippen LogP contribution in [0.15, 0.2) is 62.1 Å². The lowest BCUT2D eigenvalue weighted by Gasteiger charge is -2.21. The molecule has 0 radical (unpaired) electrons. The van der Waals surface area contributed by atoms with Crippen LogP contribution in [0.1, 0.15) is 23.1 Å². The topological polar surface area (TPSA) is 69.8 Å². The molecule has 7 heteroatoms. The molecule has 0 fully saturated rings. The predicted molar refractivity (Wildman–Crippen MR) is 113 cm³/mol. The van der Waals surface area contributed by atoms with Gasteiger partial charge < -0.3 is 20.2 Å². The highest BCUT2D eigenvalue weighted by Gasteiger charge is 2.23. The summed E-state index contributed by atoms with van der Waals surface area (Å²) in [6.45, 7) is 3.58. The molecule has 0 bridgehead atoms. The number of furan rings is 1. The van der Waals surface area contributed by atoms with Crippen molar-refractivity contribution in [3.8, 4) is 0 Å². The van der Waals surface area contributed by atoms with Gasteiger partial charge in [0.2, 0.25) is 0 Å². The van der Waals surface area contributed by atoms with E-state index in [1.807, 2.05) is 29.0 Å². The van der Waals surface area contributed by atoms with Crippen molar-refractivity contribution in [2.24, 2.45) is 4.99 Å². The number of aliphatic hydroxyl groups is 1. The minimum absolute atomic E-state index is 0.290. The number of guanidine groups is 1. The predicted octanol–water partition coefficient (Wildman–Crippen LogP) is 3.63. The Morgan fingerprint density at radius 2 is 2.00 bits per heavy atom. The van der Waals surface area contributed by atoms with Crippen molar-refractivity contribution in [3.05, 3.63) is 68.9 Å². The summed E-state index contributed by atoms with van der Waals surface area (Å²) in [6.07, 6.45) is 3.40. The van der Waals surface area contributed by atoms with E-state index < -0.39 is 5.60 Å². The molecular weight excluding hydrogens is 378 g/mol. The van der Waals surface area contributed by atoms with Crippen LogP contribution in [-0.4, -0.2) is 30.7 Å². The third-order valence-corrected chi connectivity index (χ3v) is 5.80. The Balaban J connectivity index is 1.56. The van der Waals surface area contributed by atoms with Crippen LogP contribution in [0.3, 0.4) is 0 Å². The Morgan fingerprint density at radius 3 is 2.67 bits per heavy atom. The molecule has 0 aliphatic heterocycles. The first kappa shape index (κ1) is 19.7. The molecule has 3 rings (SSSR count). The second-order valence-corrected chi connectivity index (χ2v) is 8.28. The lowest BCUT2D eigenvalue weighted by molar-refractivity contribution is 0.0677. The molecule has 3 heterocycles. The van der Waals surface area contributed by atoms with Gasteiger partial charge in [0.1, 0.15) is 11.4 Å². The lowest BCUT2D eigenvalue weighted by Crippen LogP contribution is -2.40. The van der Waals surface area contributed by atoms with Crippen molar-refractivity contribution in [1.29, 1.82) is 0 Å². The molecule has 144 valence electrons. The zero-order valence-electron chi connectivity index (χ0n) is 15.4. The molecule has 3 aromatic rings. The van der Waals surface area contributed by atoms with Crippen LogP contribution < -0.4 is 10.6 Å². The van der Waals surface area contributed by atoms with Crippen molar-refractivity contribution in [1.82, 2.24) is 10.6 Å². The maximum Gasteiger partial charge on any atom is 0.191 e. The second kappa shape index (κ2) is 9.73. The van der Waals surface area contributed by atoms with E-state index in [0.29, 0.717) is 19.0 Å². The molecule has 3 aromatic heterocycles. The quantitative estimate of drug-likeness (QED) is 0.377. The molecule has 0 amide bonds. The Hall–Kier alpha value is -2.09. The molecule has 3 N–H and O–H groups in total. The average molecular weight is 404 g/mol. The van der Waals surface area contributed by atoms with E-state index in [-0.39, 0.29) is 0 Å². The number of nitrogens with zero attached hydrogens (tertiary/aromatic N) is 1. The normalized spacial score (nSPS) is 14.1. The zero-order valence-corrected chi connectivity index (χ0v) is 17.0. The Labute approximate surface area is 167 Å². The van der Waals surface area contributed by atoms with Crippen LogP contribution in [0.4, 0.5) is 0 Å². The number of nitrogens with one attached hydrogen (secondary N) is 2. The Morgan fingerprint density at radius 1 is 1.15 bits per heavy atom. The van der Waals surface area contributed by atoms with Gasteiger partial charge >= 0.3 is 0 Å². The maximum absolute atomic E-state index is 10.7. The first-order chi connectivity index (χ1) is 13.1. The lowest BCUT2D eigenvalue weighted by atomic mass is 10.00. The highest BCUT2D eigenvalue weighted by Crippen LogP contribution is 2.23. The highest BCUT2D eigenvalue weighted by molar-refractivity contribution is 7.09. The molecular formula is C20H25N3O2S2. The standard InChI is InChI=1S/C20H25N3O2S2/c1-20(24,16-8-13-26-14-16)15-23-19(21-9-6-17-4-2-11-25-17)22-10-7-18-5-3-12-27-18/h2-5,8,11-14,24H,6-7,9-10,15H2,1H3,(H2,21,22,23). The molecule has 0 saturated heterocycles. The van der Waals surface area contributed by atoms with Gasteiger partial charge in [-0.3, -0.25) is 0 Å². The largest absolute Gasteiger partial charge is 0.469 e. The van der Waals surface area contributed by atoms with Gasteiger partial charge in [0.05, 0.1) is 12.8 Å². The second-order valence-electron chi connectivity index (χ2n) is 6.46. The summed E-state index contributed by atoms with van der Waals surface area (Å²) < 4.78 is 5.37. The fourth-order valence-electron chi connectivity index (χ4n) is 2.59. The summed E-state index contributed by atoms with van der Waals surface area (Å²) >= 11 is 3.33. The van der Waals surface area contributed by atoms with Crippen LogP contribution >= 0.6 is 22.7 Å². The van der Waals surface area contributed by atoms with E-state index in [1.54, 1.807) is 35.9 Å². The fourth-order valence-corrected chi connectivity index (χ4v) is 4.08. The van der Waals surface area contributed by atoms with Crippen LogP contribution in [0.25, 0.3) is 0 Å². The van der Waals surface area contributed by atoms with E-state index >= 15 is 0 Å². The number of rotatable bonds is 9. The van der Waals surface area contributed by atoms with Crippen molar-refractivity contribution in [3.63, 3.8) is 0 Å². The fraction of sp³-hybridized carbons (Fsp3) is 0.350. The summed E-state index contributed by atoms with van der Waals surface area (Å²) in [5.74, 6) is 1.64. The minimum Gasteiger partial charge on any atom is -0.469 e. The van der Waals surface area contributed by atoms with Crippen LogP contribution in [0.5, 0.6) is 0 Å². The number of aliphatic imine (C=N–C) groups is 1. The van der Waals surface area contributed by atoms with Crippen LogP contribution in [0.2, 0.25) is 0 Å². The van der Waals surface area contributed by atoms with Crippen LogP contribution in [-0.2, 0) is 18.4 Å². The first-order valence-electron chi connectivity index (χ1n) is 8.95. The highest BCUT2D eigenvalue weighted by atomic mass is 32.1. The van der Waals surface area contributed by atoms with Gasteiger partial charge in [0, 0.05) is 24.4 Å². The van der Waals surface area contributed by atoms with E-state index in [0.717, 1.165) is 30.7 Å². The molecule has 0 spiro atoms. The van der Waals surface area contributed by atoms with E-state index in [2.05, 4.69) is 33.1 Å². The molecule has 27 heavy (non-hydrogen) atoms. The van der Waals surface area contributed by atoms with Gasteiger partial charge in [-0.1, -0.05) is 6.07 Å². The Kier molecular flexibility index (Phi) is 7.09. The molecule has 0 aliphatic carbocycles. The monoisotopic (exact) mass is 403 g/mol. The molecule has 5 nitrogen and oxygen atoms in total. The van der Waals surface area contributed by atoms with Gasteiger partial charge in [-0.05, 0) is 59.3 Å². The summed E-state index contributed by atoms with van der Waals surface area (Å²) in [4.78, 5) is 5.95. The molecule has 0 aromatic carbocycles. The van der Waals surface area contributed by atoms with Gasteiger partial charge in [0.15, 0.2) is 5.96 Å². The van der Waals surface area contributed by atoms with Crippen molar-refractivity contribution in [2.45, 2.75) is 25.4 Å². The third kappa shape index (κ3) is 6.23. The smallest absolute Gasteiger partial charge is 0.191 e. The van der Waals surface area contributed by atoms with E-state index in [9.17, 15) is 5.11 Å². The number of hydrogen-bond acceptors (Lipinski definition) is 5. The van der Waals surface area contributed by atoms with Crippen molar-refractivity contribution < 1.29 is 9.52 Å². The minimum atomic E-state index is -0.983. The zero-order chi connectivity index (χ0) is 19.0. The average Bonchev–Trinajstić information content (AvgIpc) is 3.42. The van der Waals surface area contributed by atoms with Crippen LogP contribution in [0, 0.1) is 0 Å². The molecule has 1 atom stereocenters. The molecule has 0 aliphatic rings. The summed E-state index contributed by atoms with van der Waals surface area (Å²) in [7, 11) is 0. The van der Waals surface area contributed by atoms with E-state index in [4.69, 9.17) is 4.42 Å². The molecule has 1 unspecified atom stereocenters. The van der Waals surface area contributed by atoms with Crippen molar-refractivity contribution in [2.75, 3.05) is 19.6 Å². The number of thiophene rings is 2. The molecule has 0 saturated carbocycles. The van der Waals surface area contributed by atoms with Gasteiger partial charge in [-0.15, -0.1) is 11.3 Å². The van der Waals surface area contributed by atoms with Crippen molar-refractivity contribution >= 4 is 28.6 Å². The third-order valence-electron chi connectivity index (χ3n) is 4.18. The summed E-state index contributed by atoms with van der Waals surface area (Å²) in [5, 5.41) is 23.4. The van der Waals surface area contributed by atoms with E-state index in [1.165, 1.54) is 4.88 Å². The Bertz CT molecular complexity index is 752. The van der Waals surface area contributed by atoms with Gasteiger partial charge in [0.25, 0.3) is 0 Å². The maximum atomic E-state index is 10.7. The summed E-state index contributed by atoms with van der Waals surface area (Å²) in [5.41, 5.74) is -0.0895. The van der Waals surface area contributed by atoms with Gasteiger partial charge in [-0.25, -0.2) is 4.99 Å². The first-order valence-corrected chi connectivity index (χ1v) is 10.8. The summed E-state index contributed by atoms with van der Waals surface area (Å²) in [6, 6.07) is 9.99. The number of hydrogen-bond donors (Lipinski definition) is 3. The van der Waals surface area contributed by atoms with Gasteiger partial charge in [-0.2, -0.15) is 11.3 Å². The SMILES string of the molecule is CC(O)(CN=C(NCCc1ccco1)NCCc1cccs1)c1ccsc1.